The van der Waals surface area contributed by atoms with Crippen LogP contribution in [0.1, 0.15) is 59.5 Å². The molecule has 0 bridgehead atoms. The van der Waals surface area contributed by atoms with Crippen LogP contribution in [-0.2, 0) is 0 Å². The second-order valence-corrected chi connectivity index (χ2v) is 6.89. The van der Waals surface area contributed by atoms with Crippen molar-refractivity contribution >= 4 is 5.91 Å². The van der Waals surface area contributed by atoms with Crippen LogP contribution in [0.15, 0.2) is 24.5 Å². The minimum atomic E-state index is -0.00278. The van der Waals surface area contributed by atoms with E-state index in [-0.39, 0.29) is 11.9 Å². The highest BCUT2D eigenvalue weighted by atomic mass is 16.2. The van der Waals surface area contributed by atoms with Crippen LogP contribution < -0.4 is 5.32 Å². The van der Waals surface area contributed by atoms with Gasteiger partial charge in [-0.3, -0.25) is 9.78 Å². The number of carbonyl (C=O) groups excluding carboxylic acids is 1. The minimum Gasteiger partial charge on any atom is -0.330 e. The third-order valence-corrected chi connectivity index (χ3v) is 5.39. The van der Waals surface area contributed by atoms with Crippen molar-refractivity contribution in [1.29, 1.82) is 0 Å². The normalized spacial score (nSPS) is 21.6. The lowest BCUT2D eigenvalue weighted by molar-refractivity contribution is 0.0728. The highest BCUT2D eigenvalue weighted by molar-refractivity contribution is 5.93. The summed E-state index contributed by atoms with van der Waals surface area (Å²) in [6, 6.07) is 4.44. The van der Waals surface area contributed by atoms with Gasteiger partial charge in [0.25, 0.3) is 5.91 Å². The molecule has 2 aliphatic rings. The predicted molar refractivity (Wildman–Crippen MR) is 93.1 cm³/mol. The van der Waals surface area contributed by atoms with E-state index in [4.69, 9.17) is 0 Å². The Morgan fingerprint density at radius 3 is 2.72 bits per heavy atom. The topological polar surface area (TPSA) is 75.9 Å². The number of aromatic nitrogens is 4. The lowest BCUT2D eigenvalue weighted by Gasteiger charge is -2.25. The Hall–Kier alpha value is -2.28. The zero-order chi connectivity index (χ0) is 17.2. The van der Waals surface area contributed by atoms with Crippen LogP contribution in [0.2, 0.25) is 0 Å². The Morgan fingerprint density at radius 2 is 1.96 bits per heavy atom. The Morgan fingerprint density at radius 1 is 1.20 bits per heavy atom. The van der Waals surface area contributed by atoms with Gasteiger partial charge in [-0.2, -0.15) is 0 Å². The molecule has 2 aromatic heterocycles. The van der Waals surface area contributed by atoms with E-state index < -0.39 is 0 Å². The lowest BCUT2D eigenvalue weighted by Crippen LogP contribution is -2.32. The molecule has 7 nitrogen and oxygen atoms in total. The number of piperidine rings is 1. The SMILES string of the molecule is Cc1c(C(=O)N2CCC[C@@H]2c2ccncc2)nnn1C1CCNCC1. The molecular weight excluding hydrogens is 316 g/mol. The van der Waals surface area contributed by atoms with Gasteiger partial charge in [-0.05, 0) is 63.4 Å². The fourth-order valence-electron chi connectivity index (χ4n) is 4.01. The Labute approximate surface area is 147 Å². The summed E-state index contributed by atoms with van der Waals surface area (Å²) >= 11 is 0. The van der Waals surface area contributed by atoms with Crippen LogP contribution in [0.4, 0.5) is 0 Å². The zero-order valence-electron chi connectivity index (χ0n) is 14.6. The number of hydrogen-bond acceptors (Lipinski definition) is 5. The summed E-state index contributed by atoms with van der Waals surface area (Å²) in [5.41, 5.74) is 2.53. The van der Waals surface area contributed by atoms with Crippen molar-refractivity contribution in [3.63, 3.8) is 0 Å². The first-order valence-corrected chi connectivity index (χ1v) is 9.09. The van der Waals surface area contributed by atoms with E-state index >= 15 is 0 Å². The summed E-state index contributed by atoms with van der Waals surface area (Å²) in [7, 11) is 0. The average molecular weight is 340 g/mol. The molecule has 4 heterocycles. The predicted octanol–water partition coefficient (Wildman–Crippen LogP) is 1.88. The van der Waals surface area contributed by atoms with Gasteiger partial charge >= 0.3 is 0 Å². The Bertz CT molecular complexity index is 737. The molecule has 2 aliphatic heterocycles. The first-order chi connectivity index (χ1) is 12.3. The maximum atomic E-state index is 13.1. The monoisotopic (exact) mass is 340 g/mol. The molecule has 2 saturated heterocycles. The molecule has 7 heteroatoms. The van der Waals surface area contributed by atoms with Crippen molar-refractivity contribution in [2.24, 2.45) is 0 Å². The van der Waals surface area contributed by atoms with Gasteiger partial charge in [-0.15, -0.1) is 5.10 Å². The molecule has 0 aromatic carbocycles. The van der Waals surface area contributed by atoms with Crippen LogP contribution >= 0.6 is 0 Å². The van der Waals surface area contributed by atoms with Crippen LogP contribution in [0.5, 0.6) is 0 Å². The van der Waals surface area contributed by atoms with Crippen LogP contribution in [0.25, 0.3) is 0 Å². The molecule has 1 atom stereocenters. The van der Waals surface area contributed by atoms with E-state index in [1.54, 1.807) is 12.4 Å². The molecular formula is C18H24N6O. The Balaban J connectivity index is 1.57. The molecule has 25 heavy (non-hydrogen) atoms. The molecule has 4 rings (SSSR count). The molecule has 132 valence electrons. The van der Waals surface area contributed by atoms with Gasteiger partial charge in [-0.1, -0.05) is 5.21 Å². The second-order valence-electron chi connectivity index (χ2n) is 6.89. The highest BCUT2D eigenvalue weighted by Crippen LogP contribution is 2.33. The number of hydrogen-bond donors (Lipinski definition) is 1. The van der Waals surface area contributed by atoms with Crippen molar-refractivity contribution in [1.82, 2.24) is 30.2 Å². The molecule has 0 saturated carbocycles. The van der Waals surface area contributed by atoms with Crippen molar-refractivity contribution in [3.05, 3.63) is 41.5 Å². The van der Waals surface area contributed by atoms with Gasteiger partial charge in [0.2, 0.25) is 0 Å². The van der Waals surface area contributed by atoms with E-state index in [9.17, 15) is 4.79 Å². The van der Waals surface area contributed by atoms with Crippen LogP contribution in [0.3, 0.4) is 0 Å². The van der Waals surface area contributed by atoms with Gasteiger partial charge in [0.05, 0.1) is 17.8 Å². The summed E-state index contributed by atoms with van der Waals surface area (Å²) in [6.45, 7) is 4.71. The molecule has 1 N–H and O–H groups in total. The quantitative estimate of drug-likeness (QED) is 0.923. The number of rotatable bonds is 3. The van der Waals surface area contributed by atoms with Crippen LogP contribution in [-0.4, -0.2) is 50.4 Å². The van der Waals surface area contributed by atoms with Crippen LogP contribution in [0, 0.1) is 6.92 Å². The van der Waals surface area contributed by atoms with Crippen molar-refractivity contribution < 1.29 is 4.79 Å². The number of pyridine rings is 1. The third kappa shape index (κ3) is 3.04. The smallest absolute Gasteiger partial charge is 0.276 e. The minimum absolute atomic E-state index is 0.00278. The van der Waals surface area contributed by atoms with Gasteiger partial charge in [0, 0.05) is 18.9 Å². The largest absolute Gasteiger partial charge is 0.330 e. The van der Waals surface area contributed by atoms with Gasteiger partial charge < -0.3 is 10.2 Å². The van der Waals surface area contributed by atoms with Gasteiger partial charge in [-0.25, -0.2) is 4.68 Å². The maximum Gasteiger partial charge on any atom is 0.276 e. The molecule has 2 fully saturated rings. The van der Waals surface area contributed by atoms with E-state index in [1.807, 2.05) is 28.6 Å². The molecule has 0 spiro atoms. The van der Waals surface area contributed by atoms with E-state index in [1.165, 1.54) is 0 Å². The summed E-state index contributed by atoms with van der Waals surface area (Å²) in [5, 5.41) is 11.9. The summed E-state index contributed by atoms with van der Waals surface area (Å²) in [6.07, 6.45) is 7.63. The van der Waals surface area contributed by atoms with E-state index in [0.717, 1.165) is 56.6 Å². The Kier molecular flexibility index (Phi) is 4.48. The number of nitrogens with zero attached hydrogens (tertiary/aromatic N) is 5. The number of carbonyl (C=O) groups is 1. The summed E-state index contributed by atoms with van der Waals surface area (Å²) < 4.78 is 1.95. The fraction of sp³-hybridized carbons (Fsp3) is 0.556. The van der Waals surface area contributed by atoms with Crippen molar-refractivity contribution in [2.75, 3.05) is 19.6 Å². The van der Waals surface area contributed by atoms with Gasteiger partial charge in [0.1, 0.15) is 0 Å². The standard InChI is InChI=1S/C18H24N6O/c1-13-17(21-22-24(13)15-6-10-20-11-7-15)18(25)23-12-2-3-16(23)14-4-8-19-9-5-14/h4-5,8-9,15-16,20H,2-3,6-7,10-12H2,1H3/t16-/m1/s1. The summed E-state index contributed by atoms with van der Waals surface area (Å²) in [5.74, 6) is -0.00278. The lowest BCUT2D eigenvalue weighted by atomic mass is 10.1. The fourth-order valence-corrected chi connectivity index (χ4v) is 4.01. The van der Waals surface area contributed by atoms with E-state index in [2.05, 4.69) is 20.6 Å². The van der Waals surface area contributed by atoms with Crippen molar-refractivity contribution in [2.45, 2.75) is 44.7 Å². The first kappa shape index (κ1) is 16.2. The number of nitrogens with one attached hydrogen (secondary N) is 1. The maximum absolute atomic E-state index is 13.1. The zero-order valence-corrected chi connectivity index (χ0v) is 14.6. The molecule has 2 aromatic rings. The molecule has 0 unspecified atom stereocenters. The van der Waals surface area contributed by atoms with Crippen molar-refractivity contribution in [3.8, 4) is 0 Å². The van der Waals surface area contributed by atoms with Gasteiger partial charge in [0.15, 0.2) is 5.69 Å². The second kappa shape index (κ2) is 6.92. The first-order valence-electron chi connectivity index (χ1n) is 9.09. The molecule has 0 aliphatic carbocycles. The number of amides is 1. The highest BCUT2D eigenvalue weighted by Gasteiger charge is 2.33. The third-order valence-electron chi connectivity index (χ3n) is 5.39. The summed E-state index contributed by atoms with van der Waals surface area (Å²) in [4.78, 5) is 19.2. The molecule has 0 radical (unpaired) electrons. The number of likely N-dealkylation sites (tertiary alicyclic amines) is 1. The average Bonchev–Trinajstić information content (AvgIpc) is 3.29. The molecule has 1 amide bonds. The van der Waals surface area contributed by atoms with E-state index in [0.29, 0.717) is 11.7 Å².